The number of aldehydes is 1. The maximum absolute atomic E-state index is 12.4. The molecule has 0 N–H and O–H groups in total. The van der Waals surface area contributed by atoms with Gasteiger partial charge in [-0.05, 0) is 22.6 Å². The fourth-order valence-corrected chi connectivity index (χ4v) is 1.61. The van der Waals surface area contributed by atoms with Gasteiger partial charge in [0.25, 0.3) is 6.43 Å². The Morgan fingerprint density at radius 1 is 1.62 bits per heavy atom. The first-order valence-corrected chi connectivity index (χ1v) is 4.60. The molecule has 0 bridgehead atoms. The molecule has 0 fully saturated rings. The summed E-state index contributed by atoms with van der Waals surface area (Å²) in [4.78, 5) is 14.0. The highest BCUT2D eigenvalue weighted by Crippen LogP contribution is 2.30. The molecule has 0 saturated carbocycles. The van der Waals surface area contributed by atoms with E-state index in [0.29, 0.717) is 9.86 Å². The molecule has 0 aliphatic rings. The lowest BCUT2D eigenvalue weighted by molar-refractivity contribution is 0.110. The third-order valence-corrected chi connectivity index (χ3v) is 2.56. The average molecular weight is 317 g/mol. The molecule has 0 atom stereocenters. The molecule has 0 aliphatic carbocycles. The Balaban J connectivity index is 3.43. The zero-order valence-electron chi connectivity index (χ0n) is 6.10. The smallest absolute Gasteiger partial charge is 0.267 e. The van der Waals surface area contributed by atoms with Crippen molar-refractivity contribution in [1.29, 1.82) is 0 Å². The normalized spacial score (nSPS) is 10.5. The van der Waals surface area contributed by atoms with Crippen molar-refractivity contribution in [1.82, 2.24) is 4.98 Å². The van der Waals surface area contributed by atoms with Crippen molar-refractivity contribution in [2.24, 2.45) is 0 Å². The summed E-state index contributed by atoms with van der Waals surface area (Å²) in [7, 11) is 0. The molecule has 0 radical (unpaired) electrons. The van der Waals surface area contributed by atoms with E-state index in [1.165, 1.54) is 6.20 Å². The Hall–Kier alpha value is -0.300. The van der Waals surface area contributed by atoms with Gasteiger partial charge in [-0.25, -0.2) is 13.8 Å². The number of halogens is 4. The second-order valence-corrected chi connectivity index (χ2v) is 3.66. The second kappa shape index (κ2) is 4.28. The zero-order chi connectivity index (χ0) is 10.0. The van der Waals surface area contributed by atoms with Crippen LogP contribution in [0.15, 0.2) is 6.20 Å². The molecule has 2 nitrogen and oxygen atoms in total. The Morgan fingerprint density at radius 3 is 2.62 bits per heavy atom. The third kappa shape index (κ3) is 2.14. The Kier molecular flexibility index (Phi) is 3.55. The Morgan fingerprint density at radius 2 is 2.23 bits per heavy atom. The number of carbonyl (C=O) groups is 1. The van der Waals surface area contributed by atoms with Crippen LogP contribution in [0.2, 0.25) is 5.15 Å². The van der Waals surface area contributed by atoms with E-state index in [0.717, 1.165) is 0 Å². The summed E-state index contributed by atoms with van der Waals surface area (Å²) in [6.45, 7) is 0. The molecule has 1 aromatic rings. The zero-order valence-corrected chi connectivity index (χ0v) is 9.01. The van der Waals surface area contributed by atoms with E-state index in [1.54, 1.807) is 22.6 Å². The van der Waals surface area contributed by atoms with Gasteiger partial charge in [-0.15, -0.1) is 0 Å². The topological polar surface area (TPSA) is 30.0 Å². The van der Waals surface area contributed by atoms with Crippen LogP contribution in [0.1, 0.15) is 22.3 Å². The van der Waals surface area contributed by atoms with Crippen LogP contribution in [0.4, 0.5) is 8.78 Å². The van der Waals surface area contributed by atoms with Crippen molar-refractivity contribution in [3.63, 3.8) is 0 Å². The van der Waals surface area contributed by atoms with Gasteiger partial charge >= 0.3 is 0 Å². The number of carbonyl (C=O) groups excluding carboxylic acids is 1. The van der Waals surface area contributed by atoms with Crippen LogP contribution in [0.3, 0.4) is 0 Å². The van der Waals surface area contributed by atoms with Crippen LogP contribution in [0.25, 0.3) is 0 Å². The lowest BCUT2D eigenvalue weighted by Gasteiger charge is -2.06. The van der Waals surface area contributed by atoms with Gasteiger partial charge in [0.1, 0.15) is 5.15 Å². The summed E-state index contributed by atoms with van der Waals surface area (Å²) in [5.41, 5.74) is -0.584. The molecule has 0 aromatic carbocycles. The number of aromatic nitrogens is 1. The van der Waals surface area contributed by atoms with Crippen LogP contribution in [0, 0.1) is 3.57 Å². The van der Waals surface area contributed by atoms with Gasteiger partial charge in [0.05, 0.1) is 5.56 Å². The van der Waals surface area contributed by atoms with Gasteiger partial charge in [0, 0.05) is 15.3 Å². The summed E-state index contributed by atoms with van der Waals surface area (Å²) in [5.74, 6) is 0. The van der Waals surface area contributed by atoms with Crippen LogP contribution in [-0.4, -0.2) is 11.3 Å². The van der Waals surface area contributed by atoms with Gasteiger partial charge in [0.2, 0.25) is 0 Å². The van der Waals surface area contributed by atoms with Gasteiger partial charge in [-0.3, -0.25) is 4.79 Å². The van der Waals surface area contributed by atoms with E-state index in [9.17, 15) is 13.6 Å². The maximum atomic E-state index is 12.4. The van der Waals surface area contributed by atoms with E-state index in [1.807, 2.05) is 0 Å². The van der Waals surface area contributed by atoms with Crippen molar-refractivity contribution < 1.29 is 13.6 Å². The number of hydrogen-bond donors (Lipinski definition) is 0. The van der Waals surface area contributed by atoms with E-state index in [4.69, 9.17) is 11.6 Å². The predicted molar refractivity (Wildman–Crippen MR) is 52.3 cm³/mol. The van der Waals surface area contributed by atoms with Crippen LogP contribution >= 0.6 is 34.2 Å². The molecule has 6 heteroatoms. The average Bonchev–Trinajstić information content (AvgIpc) is 2.07. The highest BCUT2D eigenvalue weighted by Gasteiger charge is 2.19. The number of nitrogens with zero attached hydrogens (tertiary/aromatic N) is 1. The first kappa shape index (κ1) is 10.8. The van der Waals surface area contributed by atoms with E-state index in [-0.39, 0.29) is 10.7 Å². The van der Waals surface area contributed by atoms with Gasteiger partial charge < -0.3 is 0 Å². The highest BCUT2D eigenvalue weighted by atomic mass is 127. The van der Waals surface area contributed by atoms with Crippen molar-refractivity contribution in [2.45, 2.75) is 6.43 Å². The predicted octanol–water partition coefficient (Wildman–Crippen LogP) is 3.09. The second-order valence-electron chi connectivity index (χ2n) is 2.14. The Labute approximate surface area is 91.4 Å². The summed E-state index contributed by atoms with van der Waals surface area (Å²) in [6.07, 6.45) is -1.15. The standard InChI is InChI=1S/C7H3ClF2INO/c8-6-5(7(9)10)3(2-13)4(11)1-12-6/h1-2,7H. The SMILES string of the molecule is O=Cc1c(I)cnc(Cl)c1C(F)F. The monoisotopic (exact) mass is 317 g/mol. The van der Waals surface area contributed by atoms with E-state index < -0.39 is 12.0 Å². The quantitative estimate of drug-likeness (QED) is 0.477. The minimum absolute atomic E-state index is 0.0874. The third-order valence-electron chi connectivity index (χ3n) is 1.40. The van der Waals surface area contributed by atoms with E-state index >= 15 is 0 Å². The molecular weight excluding hydrogens is 314 g/mol. The lowest BCUT2D eigenvalue weighted by Crippen LogP contribution is -1.99. The molecule has 0 saturated heterocycles. The highest BCUT2D eigenvalue weighted by molar-refractivity contribution is 14.1. The fourth-order valence-electron chi connectivity index (χ4n) is 0.820. The number of alkyl halides is 2. The number of rotatable bonds is 2. The van der Waals surface area contributed by atoms with E-state index in [2.05, 4.69) is 4.98 Å². The van der Waals surface area contributed by atoms with Crippen molar-refractivity contribution >= 4 is 40.5 Å². The minimum Gasteiger partial charge on any atom is -0.298 e. The molecular formula is C7H3ClF2INO. The molecule has 0 unspecified atom stereocenters. The minimum atomic E-state index is -2.78. The molecule has 70 valence electrons. The summed E-state index contributed by atoms with van der Waals surface area (Å²) < 4.78 is 25.1. The van der Waals surface area contributed by atoms with Crippen LogP contribution < -0.4 is 0 Å². The number of pyridine rings is 1. The van der Waals surface area contributed by atoms with Gasteiger partial charge in [0.15, 0.2) is 6.29 Å². The molecule has 0 spiro atoms. The van der Waals surface area contributed by atoms with Crippen molar-refractivity contribution in [3.05, 3.63) is 26.0 Å². The summed E-state index contributed by atoms with van der Waals surface area (Å²) in [5, 5.41) is -0.322. The van der Waals surface area contributed by atoms with Crippen molar-refractivity contribution in [3.8, 4) is 0 Å². The number of hydrogen-bond acceptors (Lipinski definition) is 2. The lowest BCUT2D eigenvalue weighted by atomic mass is 10.2. The van der Waals surface area contributed by atoms with Crippen LogP contribution in [-0.2, 0) is 0 Å². The van der Waals surface area contributed by atoms with Crippen molar-refractivity contribution in [2.75, 3.05) is 0 Å². The summed E-state index contributed by atoms with van der Waals surface area (Å²) >= 11 is 7.17. The van der Waals surface area contributed by atoms with Gasteiger partial charge in [-0.1, -0.05) is 11.6 Å². The molecule has 1 heterocycles. The van der Waals surface area contributed by atoms with Gasteiger partial charge in [-0.2, -0.15) is 0 Å². The fraction of sp³-hybridized carbons (Fsp3) is 0.143. The first-order chi connectivity index (χ1) is 6.07. The molecule has 1 aromatic heterocycles. The molecule has 0 aliphatic heterocycles. The Bertz CT molecular complexity index is 346. The molecule has 13 heavy (non-hydrogen) atoms. The molecule has 0 amide bonds. The largest absolute Gasteiger partial charge is 0.298 e. The molecule has 1 rings (SSSR count). The maximum Gasteiger partial charge on any atom is 0.267 e. The summed E-state index contributed by atoms with van der Waals surface area (Å²) in [6, 6.07) is 0. The first-order valence-electron chi connectivity index (χ1n) is 3.15. The van der Waals surface area contributed by atoms with Crippen LogP contribution in [0.5, 0.6) is 0 Å².